The molecule has 2 heterocycles. The fraction of sp³-hybridized carbons (Fsp3) is 0.300. The van der Waals surface area contributed by atoms with Gasteiger partial charge in [0, 0.05) is 30.2 Å². The zero-order valence-corrected chi connectivity index (χ0v) is 16.0. The van der Waals surface area contributed by atoms with Crippen LogP contribution in [0.1, 0.15) is 24.4 Å². The molecule has 4 rings (SSSR count). The number of nitrogens with one attached hydrogen (secondary N) is 1. The molecule has 1 N–H and O–H groups in total. The minimum absolute atomic E-state index is 0.0636. The molecule has 0 aliphatic carbocycles. The van der Waals surface area contributed by atoms with Gasteiger partial charge in [0.05, 0.1) is 11.4 Å². The van der Waals surface area contributed by atoms with E-state index in [1.807, 2.05) is 43.3 Å². The minimum atomic E-state index is -3.67. The van der Waals surface area contributed by atoms with Crippen molar-refractivity contribution in [2.75, 3.05) is 18.0 Å². The monoisotopic (exact) mass is 382 g/mol. The fourth-order valence-corrected chi connectivity index (χ4v) is 4.67. The van der Waals surface area contributed by atoms with E-state index < -0.39 is 10.0 Å². The maximum absolute atomic E-state index is 12.9. The first-order chi connectivity index (χ1) is 13.0. The number of aromatic nitrogens is 2. The van der Waals surface area contributed by atoms with Crippen molar-refractivity contribution in [1.29, 1.82) is 0 Å². The van der Waals surface area contributed by atoms with Gasteiger partial charge in [-0.25, -0.2) is 23.1 Å². The highest BCUT2D eigenvalue weighted by molar-refractivity contribution is 7.89. The summed E-state index contributed by atoms with van der Waals surface area (Å²) in [5, 5.41) is 1.60. The predicted octanol–water partition coefficient (Wildman–Crippen LogP) is 3.02. The van der Waals surface area contributed by atoms with Crippen LogP contribution in [0.5, 0.6) is 0 Å². The summed E-state index contributed by atoms with van der Waals surface area (Å²) in [7, 11) is -3.67. The van der Waals surface area contributed by atoms with E-state index in [0.29, 0.717) is 11.2 Å². The Hall–Kier alpha value is -2.51. The number of rotatable bonds is 5. The molecule has 3 aromatic rings. The van der Waals surface area contributed by atoms with Gasteiger partial charge in [-0.2, -0.15) is 0 Å². The van der Waals surface area contributed by atoms with Crippen molar-refractivity contribution in [1.82, 2.24) is 14.7 Å². The number of hydrogen-bond acceptors (Lipinski definition) is 5. The summed E-state index contributed by atoms with van der Waals surface area (Å²) in [6.07, 6.45) is 2.32. The maximum Gasteiger partial charge on any atom is 0.241 e. The van der Waals surface area contributed by atoms with Crippen LogP contribution in [-0.4, -0.2) is 31.5 Å². The van der Waals surface area contributed by atoms with E-state index in [9.17, 15) is 8.42 Å². The minimum Gasteiger partial charge on any atom is -0.357 e. The molecule has 1 aliphatic rings. The van der Waals surface area contributed by atoms with Gasteiger partial charge >= 0.3 is 0 Å². The van der Waals surface area contributed by atoms with Crippen molar-refractivity contribution < 1.29 is 8.42 Å². The molecular weight excluding hydrogens is 360 g/mol. The lowest BCUT2D eigenvalue weighted by Gasteiger charge is -2.17. The molecule has 140 valence electrons. The second-order valence-corrected chi connectivity index (χ2v) is 8.52. The first-order valence-corrected chi connectivity index (χ1v) is 10.6. The number of fused-ring (bicyclic) bond motifs is 1. The lowest BCUT2D eigenvalue weighted by Crippen LogP contribution is -2.26. The lowest BCUT2D eigenvalue weighted by atomic mass is 10.1. The van der Waals surface area contributed by atoms with Crippen LogP contribution in [0.2, 0.25) is 0 Å². The molecule has 1 fully saturated rings. The first-order valence-electron chi connectivity index (χ1n) is 9.10. The summed E-state index contributed by atoms with van der Waals surface area (Å²) in [4.78, 5) is 11.5. The second-order valence-electron chi connectivity index (χ2n) is 6.78. The van der Waals surface area contributed by atoms with E-state index in [1.54, 1.807) is 12.1 Å². The zero-order chi connectivity index (χ0) is 18.9. The van der Waals surface area contributed by atoms with Crippen LogP contribution in [0.4, 0.5) is 5.82 Å². The Morgan fingerprint density at radius 2 is 1.78 bits per heavy atom. The molecule has 7 heteroatoms. The van der Waals surface area contributed by atoms with E-state index >= 15 is 0 Å². The third-order valence-electron chi connectivity index (χ3n) is 4.78. The number of hydrogen-bond donors (Lipinski definition) is 1. The van der Waals surface area contributed by atoms with Gasteiger partial charge in [0.15, 0.2) is 0 Å². The molecule has 2 aromatic carbocycles. The van der Waals surface area contributed by atoms with Crippen LogP contribution in [0.3, 0.4) is 0 Å². The van der Waals surface area contributed by atoms with E-state index in [1.165, 1.54) is 0 Å². The Bertz CT molecular complexity index is 1070. The van der Waals surface area contributed by atoms with Crippen LogP contribution in [-0.2, 0) is 16.6 Å². The summed E-state index contributed by atoms with van der Waals surface area (Å²) >= 11 is 0. The van der Waals surface area contributed by atoms with Gasteiger partial charge in [0.25, 0.3) is 0 Å². The largest absolute Gasteiger partial charge is 0.357 e. The molecule has 1 aliphatic heterocycles. The Morgan fingerprint density at radius 3 is 2.59 bits per heavy atom. The SMILES string of the molecule is Cc1cc(N2CCCC2)nc(CNS(=O)(=O)c2cccc3ccccc23)n1. The lowest BCUT2D eigenvalue weighted by molar-refractivity contribution is 0.580. The number of anilines is 1. The number of nitrogens with zero attached hydrogens (tertiary/aromatic N) is 3. The van der Waals surface area contributed by atoms with Gasteiger partial charge < -0.3 is 4.90 Å². The molecule has 1 saturated heterocycles. The quantitative estimate of drug-likeness (QED) is 0.734. The summed E-state index contributed by atoms with van der Waals surface area (Å²) in [5.74, 6) is 1.36. The number of benzene rings is 2. The van der Waals surface area contributed by atoms with Crippen LogP contribution in [0, 0.1) is 6.92 Å². The van der Waals surface area contributed by atoms with Gasteiger partial charge in [-0.15, -0.1) is 0 Å². The van der Waals surface area contributed by atoms with E-state index in [4.69, 9.17) is 0 Å². The van der Waals surface area contributed by atoms with Crippen molar-refractivity contribution >= 4 is 26.6 Å². The van der Waals surface area contributed by atoms with Gasteiger partial charge in [-0.1, -0.05) is 36.4 Å². The molecule has 0 atom stereocenters. The second kappa shape index (κ2) is 7.25. The van der Waals surface area contributed by atoms with Crippen molar-refractivity contribution in [3.63, 3.8) is 0 Å². The van der Waals surface area contributed by atoms with Gasteiger partial charge in [-0.3, -0.25) is 0 Å². The average molecular weight is 382 g/mol. The normalized spacial score (nSPS) is 14.8. The predicted molar refractivity (Wildman–Crippen MR) is 106 cm³/mol. The molecule has 0 radical (unpaired) electrons. The summed E-state index contributed by atoms with van der Waals surface area (Å²) in [6, 6.07) is 14.7. The van der Waals surface area contributed by atoms with Crippen LogP contribution < -0.4 is 9.62 Å². The number of sulfonamides is 1. The zero-order valence-electron chi connectivity index (χ0n) is 15.2. The first kappa shape index (κ1) is 17.9. The van der Waals surface area contributed by atoms with Gasteiger partial charge in [0.1, 0.15) is 11.6 Å². The molecule has 0 saturated carbocycles. The Labute approximate surface area is 159 Å². The van der Waals surface area contributed by atoms with E-state index in [-0.39, 0.29) is 11.4 Å². The highest BCUT2D eigenvalue weighted by Crippen LogP contribution is 2.23. The third-order valence-corrected chi connectivity index (χ3v) is 6.24. The third kappa shape index (κ3) is 3.79. The van der Waals surface area contributed by atoms with Crippen molar-refractivity contribution in [3.8, 4) is 0 Å². The molecule has 0 bridgehead atoms. The smallest absolute Gasteiger partial charge is 0.241 e. The standard InChI is InChI=1S/C20H22N4O2S/c1-15-13-20(24-11-4-5-12-24)23-19(22-15)14-21-27(25,26)18-10-6-8-16-7-2-3-9-17(16)18/h2-3,6-10,13,21H,4-5,11-12,14H2,1H3. The molecule has 0 spiro atoms. The van der Waals surface area contributed by atoms with Crippen LogP contribution in [0.15, 0.2) is 53.4 Å². The van der Waals surface area contributed by atoms with Crippen molar-refractivity contribution in [3.05, 3.63) is 60.0 Å². The Balaban J connectivity index is 1.59. The Morgan fingerprint density at radius 1 is 1.04 bits per heavy atom. The van der Waals surface area contributed by atoms with Gasteiger partial charge in [0.2, 0.25) is 10.0 Å². The Kier molecular flexibility index (Phi) is 4.80. The fourth-order valence-electron chi connectivity index (χ4n) is 3.47. The molecule has 0 amide bonds. The topological polar surface area (TPSA) is 75.2 Å². The van der Waals surface area contributed by atoms with Gasteiger partial charge in [-0.05, 0) is 31.2 Å². The van der Waals surface area contributed by atoms with E-state index in [2.05, 4.69) is 19.6 Å². The maximum atomic E-state index is 12.9. The molecule has 1 aromatic heterocycles. The van der Waals surface area contributed by atoms with Crippen molar-refractivity contribution in [2.45, 2.75) is 31.2 Å². The molecule has 0 unspecified atom stereocenters. The van der Waals surface area contributed by atoms with Crippen molar-refractivity contribution in [2.24, 2.45) is 0 Å². The summed E-state index contributed by atoms with van der Waals surface area (Å²) in [5.41, 5.74) is 0.839. The van der Waals surface area contributed by atoms with E-state index in [0.717, 1.165) is 42.8 Å². The highest BCUT2D eigenvalue weighted by atomic mass is 32.2. The van der Waals surface area contributed by atoms with Crippen LogP contribution in [0.25, 0.3) is 10.8 Å². The summed E-state index contributed by atoms with van der Waals surface area (Å²) in [6.45, 7) is 3.94. The average Bonchev–Trinajstić information content (AvgIpc) is 3.20. The number of aryl methyl sites for hydroxylation is 1. The molecule has 6 nitrogen and oxygen atoms in total. The van der Waals surface area contributed by atoms with Crippen LogP contribution >= 0.6 is 0 Å². The highest BCUT2D eigenvalue weighted by Gasteiger charge is 2.19. The molecular formula is C20H22N4O2S. The molecule has 27 heavy (non-hydrogen) atoms. The summed E-state index contributed by atoms with van der Waals surface area (Å²) < 4.78 is 28.4.